The van der Waals surface area contributed by atoms with E-state index < -0.39 is 0 Å². The summed E-state index contributed by atoms with van der Waals surface area (Å²) in [6.45, 7) is 6.77. The van der Waals surface area contributed by atoms with E-state index in [0.717, 1.165) is 45.7 Å². The van der Waals surface area contributed by atoms with Crippen LogP contribution in [-0.4, -0.2) is 75.2 Å². The van der Waals surface area contributed by atoms with Crippen LogP contribution in [0.1, 0.15) is 6.42 Å². The van der Waals surface area contributed by atoms with Crippen LogP contribution in [0.4, 0.5) is 0 Å². The molecule has 2 rings (SSSR count). The van der Waals surface area contributed by atoms with Crippen LogP contribution in [0.3, 0.4) is 0 Å². The van der Waals surface area contributed by atoms with E-state index in [-0.39, 0.29) is 5.91 Å². The quantitative estimate of drug-likeness (QED) is 0.699. The molecule has 0 radical (unpaired) electrons. The minimum Gasteiger partial charge on any atom is -0.380 e. The Labute approximate surface area is 109 Å². The fourth-order valence-corrected chi connectivity index (χ4v) is 2.41. The lowest BCUT2D eigenvalue weighted by atomic mass is 10.1. The summed E-state index contributed by atoms with van der Waals surface area (Å²) >= 11 is 0. The van der Waals surface area contributed by atoms with Gasteiger partial charge in [0, 0.05) is 46.4 Å². The summed E-state index contributed by atoms with van der Waals surface area (Å²) < 4.78 is 5.11. The monoisotopic (exact) mass is 253 g/mol. The number of hydrogen-bond acceptors (Lipinski definition) is 4. The lowest BCUT2D eigenvalue weighted by Gasteiger charge is -2.31. The predicted octanol–water partition coefficient (Wildman–Crippen LogP) is -0.303. The molecule has 2 aliphatic rings. The van der Waals surface area contributed by atoms with Gasteiger partial charge in [-0.3, -0.25) is 9.69 Å². The molecular formula is C13H23N3O2. The van der Waals surface area contributed by atoms with Gasteiger partial charge in [0.25, 0.3) is 0 Å². The summed E-state index contributed by atoms with van der Waals surface area (Å²) in [5.41, 5.74) is 1.31. The van der Waals surface area contributed by atoms with Gasteiger partial charge in [-0.25, -0.2) is 0 Å². The van der Waals surface area contributed by atoms with E-state index in [9.17, 15) is 4.79 Å². The van der Waals surface area contributed by atoms with Crippen molar-refractivity contribution in [2.75, 3.05) is 59.5 Å². The third-order valence-electron chi connectivity index (χ3n) is 3.55. The Kier molecular flexibility index (Phi) is 5.16. The van der Waals surface area contributed by atoms with E-state index in [2.05, 4.69) is 16.3 Å². The molecule has 2 heterocycles. The highest BCUT2D eigenvalue weighted by atomic mass is 16.5. The Bertz CT molecular complexity index is 311. The first-order valence-corrected chi connectivity index (χ1v) is 6.67. The first-order valence-electron chi connectivity index (χ1n) is 6.67. The zero-order chi connectivity index (χ0) is 12.8. The van der Waals surface area contributed by atoms with Crippen molar-refractivity contribution in [3.05, 3.63) is 11.6 Å². The highest BCUT2D eigenvalue weighted by molar-refractivity contribution is 5.78. The first kappa shape index (κ1) is 13.5. The van der Waals surface area contributed by atoms with Gasteiger partial charge in [0.1, 0.15) is 0 Å². The molecule has 5 heteroatoms. The number of nitrogens with zero attached hydrogens (tertiary/aromatic N) is 2. The van der Waals surface area contributed by atoms with Crippen LogP contribution >= 0.6 is 0 Å². The van der Waals surface area contributed by atoms with Crippen molar-refractivity contribution >= 4 is 5.91 Å². The molecule has 5 nitrogen and oxygen atoms in total. The number of carbonyl (C=O) groups is 1. The maximum atomic E-state index is 12.1. The number of carbonyl (C=O) groups excluding carboxylic acids is 1. The average Bonchev–Trinajstić information content (AvgIpc) is 2.41. The van der Waals surface area contributed by atoms with Gasteiger partial charge in [-0.15, -0.1) is 0 Å². The van der Waals surface area contributed by atoms with E-state index in [0.29, 0.717) is 13.2 Å². The molecule has 1 fully saturated rings. The van der Waals surface area contributed by atoms with Crippen molar-refractivity contribution in [3.8, 4) is 0 Å². The van der Waals surface area contributed by atoms with E-state index >= 15 is 0 Å². The van der Waals surface area contributed by atoms with Crippen molar-refractivity contribution in [2.45, 2.75) is 6.42 Å². The van der Waals surface area contributed by atoms with Crippen LogP contribution in [0.2, 0.25) is 0 Å². The second kappa shape index (κ2) is 6.87. The summed E-state index contributed by atoms with van der Waals surface area (Å²) in [7, 11) is 1.71. The highest BCUT2D eigenvalue weighted by Crippen LogP contribution is 2.11. The third kappa shape index (κ3) is 3.80. The van der Waals surface area contributed by atoms with Crippen molar-refractivity contribution < 1.29 is 9.53 Å². The van der Waals surface area contributed by atoms with Crippen LogP contribution in [-0.2, 0) is 9.53 Å². The van der Waals surface area contributed by atoms with Gasteiger partial charge in [0.05, 0.1) is 13.2 Å². The Morgan fingerprint density at radius 2 is 2.17 bits per heavy atom. The summed E-state index contributed by atoms with van der Waals surface area (Å²) in [4.78, 5) is 16.3. The van der Waals surface area contributed by atoms with Gasteiger partial charge in [0.2, 0.25) is 5.91 Å². The Hall–Kier alpha value is -0.910. The Morgan fingerprint density at radius 3 is 2.78 bits per heavy atom. The zero-order valence-electron chi connectivity index (χ0n) is 11.2. The molecule has 1 N–H and O–H groups in total. The average molecular weight is 253 g/mol. The molecular weight excluding hydrogens is 230 g/mol. The molecule has 0 aromatic carbocycles. The molecule has 0 bridgehead atoms. The van der Waals surface area contributed by atoms with Crippen molar-refractivity contribution in [1.82, 2.24) is 15.1 Å². The fourth-order valence-electron chi connectivity index (χ4n) is 2.41. The molecule has 2 aliphatic heterocycles. The number of nitrogens with one attached hydrogen (secondary N) is 1. The topological polar surface area (TPSA) is 44.8 Å². The molecule has 0 aromatic heterocycles. The summed E-state index contributed by atoms with van der Waals surface area (Å²) in [6.07, 6.45) is 3.07. The van der Waals surface area contributed by atoms with Gasteiger partial charge < -0.3 is 15.0 Å². The van der Waals surface area contributed by atoms with Crippen molar-refractivity contribution in [1.29, 1.82) is 0 Å². The van der Waals surface area contributed by atoms with Crippen molar-refractivity contribution in [2.24, 2.45) is 0 Å². The molecule has 0 aromatic rings. The lowest BCUT2D eigenvalue weighted by molar-refractivity contribution is -0.132. The number of methoxy groups -OCH3 is 1. The van der Waals surface area contributed by atoms with Crippen LogP contribution < -0.4 is 5.32 Å². The summed E-state index contributed by atoms with van der Waals surface area (Å²) in [6, 6.07) is 0. The van der Waals surface area contributed by atoms with Crippen LogP contribution in [0.15, 0.2) is 11.6 Å². The summed E-state index contributed by atoms with van der Waals surface area (Å²) in [5, 5.41) is 3.30. The van der Waals surface area contributed by atoms with E-state index in [4.69, 9.17) is 4.74 Å². The number of rotatable bonds is 4. The largest absolute Gasteiger partial charge is 0.380 e. The van der Waals surface area contributed by atoms with E-state index in [1.807, 2.05) is 4.90 Å². The number of hydrogen-bond donors (Lipinski definition) is 1. The van der Waals surface area contributed by atoms with Crippen LogP contribution in [0.25, 0.3) is 0 Å². The molecule has 102 valence electrons. The molecule has 0 spiro atoms. The van der Waals surface area contributed by atoms with Gasteiger partial charge in [-0.05, 0) is 12.0 Å². The summed E-state index contributed by atoms with van der Waals surface area (Å²) in [5.74, 6) is 0.254. The van der Waals surface area contributed by atoms with E-state index in [1.165, 1.54) is 5.57 Å². The molecule has 18 heavy (non-hydrogen) atoms. The smallest absolute Gasteiger partial charge is 0.237 e. The molecule has 1 amide bonds. The second-order valence-electron chi connectivity index (χ2n) is 4.91. The van der Waals surface area contributed by atoms with Gasteiger partial charge in [-0.1, -0.05) is 6.08 Å². The lowest BCUT2D eigenvalue weighted by Crippen LogP contribution is -2.49. The van der Waals surface area contributed by atoms with Gasteiger partial charge >= 0.3 is 0 Å². The minimum atomic E-state index is 0.254. The second-order valence-corrected chi connectivity index (χ2v) is 4.91. The maximum Gasteiger partial charge on any atom is 0.237 e. The van der Waals surface area contributed by atoms with E-state index in [1.54, 1.807) is 7.11 Å². The van der Waals surface area contributed by atoms with Crippen molar-refractivity contribution in [3.63, 3.8) is 0 Å². The molecule has 0 aliphatic carbocycles. The maximum absolute atomic E-state index is 12.1. The predicted molar refractivity (Wildman–Crippen MR) is 70.5 cm³/mol. The van der Waals surface area contributed by atoms with Crippen LogP contribution in [0, 0.1) is 0 Å². The molecule has 0 atom stereocenters. The van der Waals surface area contributed by atoms with Gasteiger partial charge in [-0.2, -0.15) is 0 Å². The SMILES string of the molecule is COCC1=CCN(C(=O)CN2CCNCC2)CC1. The Balaban J connectivity index is 1.76. The standard InChI is InChI=1S/C13H23N3O2/c1-18-11-12-2-6-16(7-3-12)13(17)10-15-8-4-14-5-9-15/h2,14H,3-11H2,1H3. The van der Waals surface area contributed by atoms with Gasteiger partial charge in [0.15, 0.2) is 0 Å². The fraction of sp³-hybridized carbons (Fsp3) is 0.769. The number of ether oxygens (including phenoxy) is 1. The number of piperazine rings is 1. The highest BCUT2D eigenvalue weighted by Gasteiger charge is 2.20. The molecule has 1 saturated heterocycles. The minimum absolute atomic E-state index is 0.254. The third-order valence-corrected chi connectivity index (χ3v) is 3.55. The zero-order valence-corrected chi connectivity index (χ0v) is 11.2. The first-order chi connectivity index (χ1) is 8.79. The Morgan fingerprint density at radius 1 is 1.39 bits per heavy atom. The molecule has 0 unspecified atom stereocenters. The normalized spacial score (nSPS) is 21.8. The van der Waals surface area contributed by atoms with Crippen LogP contribution in [0.5, 0.6) is 0 Å². The number of amides is 1. The molecule has 0 saturated carbocycles.